The Labute approximate surface area is 64.8 Å². The zero-order valence-electron chi connectivity index (χ0n) is 6.57. The molecule has 1 amide bonds. The van der Waals surface area contributed by atoms with Gasteiger partial charge in [-0.15, -0.1) is 0 Å². The predicted octanol–water partition coefficient (Wildman–Crippen LogP) is -1.12. The highest BCUT2D eigenvalue weighted by atomic mass is 16.4. The Morgan fingerprint density at radius 2 is 2.09 bits per heavy atom. The molecule has 0 aromatic carbocycles. The van der Waals surface area contributed by atoms with Crippen molar-refractivity contribution < 1.29 is 14.7 Å². The van der Waals surface area contributed by atoms with Crippen LogP contribution in [0.2, 0.25) is 0 Å². The lowest BCUT2D eigenvalue weighted by atomic mass is 10.3. The van der Waals surface area contributed by atoms with Gasteiger partial charge in [0.2, 0.25) is 5.91 Å². The van der Waals surface area contributed by atoms with Gasteiger partial charge in [0, 0.05) is 7.05 Å². The highest BCUT2D eigenvalue weighted by Crippen LogP contribution is 1.94. The van der Waals surface area contributed by atoms with E-state index in [9.17, 15) is 9.59 Å². The topological polar surface area (TPSA) is 83.6 Å². The van der Waals surface area contributed by atoms with Crippen LogP contribution in [0.25, 0.3) is 0 Å². The average Bonchev–Trinajstić information content (AvgIpc) is 2.00. The van der Waals surface area contributed by atoms with Gasteiger partial charge in [-0.3, -0.25) is 4.79 Å². The summed E-state index contributed by atoms with van der Waals surface area (Å²) < 4.78 is 0. The predicted molar refractivity (Wildman–Crippen MR) is 38.9 cm³/mol. The van der Waals surface area contributed by atoms with Crippen molar-refractivity contribution in [3.05, 3.63) is 0 Å². The second kappa shape index (κ2) is 3.92. The van der Waals surface area contributed by atoms with Crippen molar-refractivity contribution in [2.45, 2.75) is 13.0 Å². The standard InChI is InChI=1S/C6H12N2O3/c1-4(6(10)11)8(2)5(9)3-7/h4H,3,7H2,1-2H3,(H,10,11)/t4-/m0/s1. The fraction of sp³-hybridized carbons (Fsp3) is 0.667. The normalized spacial score (nSPS) is 12.3. The van der Waals surface area contributed by atoms with Gasteiger partial charge < -0.3 is 15.7 Å². The zero-order valence-corrected chi connectivity index (χ0v) is 6.57. The summed E-state index contributed by atoms with van der Waals surface area (Å²) in [4.78, 5) is 22.2. The van der Waals surface area contributed by atoms with Gasteiger partial charge in [-0.1, -0.05) is 0 Å². The zero-order chi connectivity index (χ0) is 9.02. The maximum atomic E-state index is 10.8. The number of nitrogens with two attached hydrogens (primary N) is 1. The van der Waals surface area contributed by atoms with E-state index in [-0.39, 0.29) is 12.5 Å². The minimum atomic E-state index is -1.03. The molecule has 0 heterocycles. The van der Waals surface area contributed by atoms with Crippen LogP contribution in [-0.4, -0.2) is 41.5 Å². The third kappa shape index (κ3) is 2.55. The number of likely N-dealkylation sites (N-methyl/N-ethyl adjacent to an activating group) is 1. The second-order valence-electron chi connectivity index (χ2n) is 2.22. The minimum Gasteiger partial charge on any atom is -0.480 e. The molecule has 0 saturated heterocycles. The molecule has 3 N–H and O–H groups in total. The van der Waals surface area contributed by atoms with Gasteiger partial charge in [0.05, 0.1) is 6.54 Å². The maximum Gasteiger partial charge on any atom is 0.326 e. The van der Waals surface area contributed by atoms with E-state index in [2.05, 4.69) is 0 Å². The first kappa shape index (κ1) is 9.90. The largest absolute Gasteiger partial charge is 0.480 e. The van der Waals surface area contributed by atoms with Gasteiger partial charge in [-0.05, 0) is 6.92 Å². The summed E-state index contributed by atoms with van der Waals surface area (Å²) in [5.74, 6) is -1.41. The van der Waals surface area contributed by atoms with Crippen molar-refractivity contribution in [1.82, 2.24) is 4.90 Å². The number of carbonyl (C=O) groups is 2. The molecule has 0 spiro atoms. The van der Waals surface area contributed by atoms with E-state index in [0.717, 1.165) is 4.90 Å². The van der Waals surface area contributed by atoms with Crippen molar-refractivity contribution in [1.29, 1.82) is 0 Å². The van der Waals surface area contributed by atoms with Crippen molar-refractivity contribution in [3.63, 3.8) is 0 Å². The molecule has 64 valence electrons. The van der Waals surface area contributed by atoms with Crippen LogP contribution in [0.1, 0.15) is 6.92 Å². The summed E-state index contributed by atoms with van der Waals surface area (Å²) in [6.07, 6.45) is 0. The third-order valence-electron chi connectivity index (χ3n) is 1.51. The third-order valence-corrected chi connectivity index (χ3v) is 1.51. The molecule has 5 heteroatoms. The first-order valence-electron chi connectivity index (χ1n) is 3.19. The van der Waals surface area contributed by atoms with Crippen molar-refractivity contribution in [2.24, 2.45) is 5.73 Å². The Hall–Kier alpha value is -1.10. The molecule has 0 rings (SSSR count). The minimum absolute atomic E-state index is 0.159. The molecule has 0 aliphatic rings. The van der Waals surface area contributed by atoms with Gasteiger partial charge in [-0.2, -0.15) is 0 Å². The molecule has 1 atom stereocenters. The number of nitrogens with zero attached hydrogens (tertiary/aromatic N) is 1. The first-order valence-corrected chi connectivity index (χ1v) is 3.19. The molecule has 0 unspecified atom stereocenters. The van der Waals surface area contributed by atoms with E-state index in [1.54, 1.807) is 0 Å². The van der Waals surface area contributed by atoms with E-state index < -0.39 is 12.0 Å². The summed E-state index contributed by atoms with van der Waals surface area (Å²) in [7, 11) is 1.41. The summed E-state index contributed by atoms with van der Waals surface area (Å²) in [5.41, 5.74) is 5.03. The van der Waals surface area contributed by atoms with Crippen LogP contribution in [0.4, 0.5) is 0 Å². The number of rotatable bonds is 3. The molecule has 0 bridgehead atoms. The van der Waals surface area contributed by atoms with Crippen LogP contribution in [0, 0.1) is 0 Å². The highest BCUT2D eigenvalue weighted by molar-refractivity contribution is 5.84. The van der Waals surface area contributed by atoms with Gasteiger partial charge >= 0.3 is 5.97 Å². The number of amides is 1. The average molecular weight is 160 g/mol. The lowest BCUT2D eigenvalue weighted by Crippen LogP contribution is -2.43. The lowest BCUT2D eigenvalue weighted by Gasteiger charge is -2.20. The van der Waals surface area contributed by atoms with Gasteiger partial charge in [-0.25, -0.2) is 4.79 Å². The second-order valence-corrected chi connectivity index (χ2v) is 2.22. The molecular weight excluding hydrogens is 148 g/mol. The molecule has 0 radical (unpaired) electrons. The molecule has 0 saturated carbocycles. The summed E-state index contributed by atoms with van der Waals surface area (Å²) in [6.45, 7) is 1.27. The number of carbonyl (C=O) groups excluding carboxylic acids is 1. The van der Waals surface area contributed by atoms with Crippen LogP contribution in [0.15, 0.2) is 0 Å². The molecule has 0 aliphatic carbocycles. The summed E-state index contributed by atoms with van der Waals surface area (Å²) in [5, 5.41) is 8.46. The van der Waals surface area contributed by atoms with Crippen molar-refractivity contribution >= 4 is 11.9 Å². The number of carboxylic acids is 1. The fourth-order valence-electron chi connectivity index (χ4n) is 0.526. The van der Waals surface area contributed by atoms with Crippen LogP contribution in [0.3, 0.4) is 0 Å². The molecule has 0 aliphatic heterocycles. The Morgan fingerprint density at radius 3 is 2.36 bits per heavy atom. The fourth-order valence-corrected chi connectivity index (χ4v) is 0.526. The van der Waals surface area contributed by atoms with Crippen LogP contribution in [-0.2, 0) is 9.59 Å². The van der Waals surface area contributed by atoms with E-state index in [1.807, 2.05) is 0 Å². The van der Waals surface area contributed by atoms with E-state index in [1.165, 1.54) is 14.0 Å². The SMILES string of the molecule is C[C@@H](C(=O)O)N(C)C(=O)CN. The lowest BCUT2D eigenvalue weighted by molar-refractivity contribution is -0.147. The highest BCUT2D eigenvalue weighted by Gasteiger charge is 2.19. The Kier molecular flexibility index (Phi) is 3.53. The summed E-state index contributed by atoms with van der Waals surface area (Å²) in [6, 6.07) is -0.814. The number of hydrogen-bond donors (Lipinski definition) is 2. The molecule has 0 fully saturated rings. The quantitative estimate of drug-likeness (QED) is 0.547. The van der Waals surface area contributed by atoms with Crippen LogP contribution < -0.4 is 5.73 Å². The smallest absolute Gasteiger partial charge is 0.326 e. The van der Waals surface area contributed by atoms with Gasteiger partial charge in [0.15, 0.2) is 0 Å². The van der Waals surface area contributed by atoms with Crippen molar-refractivity contribution in [2.75, 3.05) is 13.6 Å². The maximum absolute atomic E-state index is 10.8. The Bertz CT molecular complexity index is 169. The summed E-state index contributed by atoms with van der Waals surface area (Å²) >= 11 is 0. The van der Waals surface area contributed by atoms with Crippen LogP contribution >= 0.6 is 0 Å². The number of carboxylic acid groups (broad SMARTS) is 1. The van der Waals surface area contributed by atoms with Crippen molar-refractivity contribution in [3.8, 4) is 0 Å². The molecule has 11 heavy (non-hydrogen) atoms. The van der Waals surface area contributed by atoms with E-state index >= 15 is 0 Å². The van der Waals surface area contributed by atoms with Gasteiger partial charge in [0.1, 0.15) is 6.04 Å². The first-order chi connectivity index (χ1) is 5.00. The Morgan fingerprint density at radius 1 is 1.64 bits per heavy atom. The number of hydrogen-bond acceptors (Lipinski definition) is 3. The molecule has 0 aromatic heterocycles. The number of aliphatic carboxylic acids is 1. The molecule has 0 aromatic rings. The van der Waals surface area contributed by atoms with Crippen LogP contribution in [0.5, 0.6) is 0 Å². The monoisotopic (exact) mass is 160 g/mol. The molecular formula is C6H12N2O3. The molecule has 5 nitrogen and oxygen atoms in total. The van der Waals surface area contributed by atoms with E-state index in [0.29, 0.717) is 0 Å². The van der Waals surface area contributed by atoms with Gasteiger partial charge in [0.25, 0.3) is 0 Å². The van der Waals surface area contributed by atoms with E-state index in [4.69, 9.17) is 10.8 Å². The Balaban J connectivity index is 4.12.